The lowest BCUT2D eigenvalue weighted by Crippen LogP contribution is -2.40. The van der Waals surface area contributed by atoms with E-state index in [9.17, 15) is 4.79 Å². The molecule has 1 amide bonds. The molecule has 116 valence electrons. The van der Waals surface area contributed by atoms with Crippen LogP contribution in [0.15, 0.2) is 24.9 Å². The van der Waals surface area contributed by atoms with Crippen molar-refractivity contribution in [2.75, 3.05) is 13.1 Å². The predicted molar refractivity (Wildman–Crippen MR) is 81.6 cm³/mol. The Kier molecular flexibility index (Phi) is 3.24. The van der Waals surface area contributed by atoms with Crippen LogP contribution < -0.4 is 0 Å². The molecule has 1 saturated heterocycles. The molecule has 1 aliphatic heterocycles. The molecule has 2 aromatic heterocycles. The van der Waals surface area contributed by atoms with Crippen molar-refractivity contribution >= 4 is 5.91 Å². The number of aromatic nitrogens is 4. The first kappa shape index (κ1) is 13.5. The molecule has 2 aliphatic rings. The quantitative estimate of drug-likeness (QED) is 0.870. The van der Waals surface area contributed by atoms with Crippen molar-refractivity contribution in [3.8, 4) is 0 Å². The van der Waals surface area contributed by atoms with Gasteiger partial charge in [0, 0.05) is 38.4 Å². The van der Waals surface area contributed by atoms with Gasteiger partial charge in [0.05, 0.1) is 29.8 Å². The van der Waals surface area contributed by atoms with E-state index in [2.05, 4.69) is 14.6 Å². The van der Waals surface area contributed by atoms with Gasteiger partial charge < -0.3 is 9.47 Å². The Labute approximate surface area is 129 Å². The topological polar surface area (TPSA) is 56.0 Å². The minimum Gasteiger partial charge on any atom is -0.336 e. The summed E-state index contributed by atoms with van der Waals surface area (Å²) in [4.78, 5) is 19.0. The average Bonchev–Trinajstić information content (AvgIpc) is 3.08. The summed E-state index contributed by atoms with van der Waals surface area (Å²) >= 11 is 0. The summed E-state index contributed by atoms with van der Waals surface area (Å²) in [5, 5.41) is 4.32. The zero-order valence-corrected chi connectivity index (χ0v) is 12.9. The summed E-state index contributed by atoms with van der Waals surface area (Å²) < 4.78 is 3.99. The zero-order valence-electron chi connectivity index (χ0n) is 12.9. The zero-order chi connectivity index (χ0) is 15.1. The molecule has 3 heterocycles. The molecule has 0 aromatic carbocycles. The Hall–Kier alpha value is -2.11. The van der Waals surface area contributed by atoms with Crippen molar-refractivity contribution in [3.63, 3.8) is 0 Å². The Morgan fingerprint density at radius 3 is 2.91 bits per heavy atom. The van der Waals surface area contributed by atoms with E-state index >= 15 is 0 Å². The van der Waals surface area contributed by atoms with Crippen molar-refractivity contribution in [2.45, 2.75) is 37.6 Å². The smallest absolute Gasteiger partial charge is 0.257 e. The van der Waals surface area contributed by atoms with E-state index in [1.807, 2.05) is 29.2 Å². The highest BCUT2D eigenvalue weighted by molar-refractivity contribution is 5.95. The van der Waals surface area contributed by atoms with Crippen LogP contribution in [0.4, 0.5) is 0 Å². The third kappa shape index (κ3) is 2.32. The fourth-order valence-electron chi connectivity index (χ4n) is 3.49. The highest BCUT2D eigenvalue weighted by Gasteiger charge is 2.34. The second-order valence-electron chi connectivity index (χ2n) is 6.40. The summed E-state index contributed by atoms with van der Waals surface area (Å²) in [5.41, 5.74) is 1.92. The Balaban J connectivity index is 1.55. The molecule has 2 aromatic rings. The number of carbonyl (C=O) groups excluding carboxylic acids is 1. The number of aryl methyl sites for hydroxylation is 1. The van der Waals surface area contributed by atoms with Gasteiger partial charge in [-0.1, -0.05) is 0 Å². The second kappa shape index (κ2) is 5.26. The van der Waals surface area contributed by atoms with Crippen LogP contribution in [0.5, 0.6) is 0 Å². The van der Waals surface area contributed by atoms with Crippen molar-refractivity contribution in [3.05, 3.63) is 36.2 Å². The molecule has 1 aliphatic carbocycles. The van der Waals surface area contributed by atoms with E-state index in [-0.39, 0.29) is 5.91 Å². The van der Waals surface area contributed by atoms with Gasteiger partial charge in [-0.3, -0.25) is 9.48 Å². The van der Waals surface area contributed by atoms with E-state index < -0.39 is 0 Å². The van der Waals surface area contributed by atoms with Gasteiger partial charge in [-0.2, -0.15) is 5.10 Å². The van der Waals surface area contributed by atoms with E-state index in [0.717, 1.165) is 37.2 Å². The maximum Gasteiger partial charge on any atom is 0.257 e. The Morgan fingerprint density at radius 1 is 1.32 bits per heavy atom. The minimum absolute atomic E-state index is 0.139. The van der Waals surface area contributed by atoms with Crippen LogP contribution in [0.2, 0.25) is 0 Å². The summed E-state index contributed by atoms with van der Waals surface area (Å²) in [7, 11) is 1.94. The van der Waals surface area contributed by atoms with Gasteiger partial charge in [0.25, 0.3) is 5.91 Å². The normalized spacial score (nSPS) is 22.0. The highest BCUT2D eigenvalue weighted by atomic mass is 16.2. The van der Waals surface area contributed by atoms with Crippen LogP contribution in [-0.4, -0.2) is 43.2 Å². The molecule has 2 fully saturated rings. The number of carbonyl (C=O) groups is 1. The average molecular weight is 299 g/mol. The first-order valence-electron chi connectivity index (χ1n) is 8.02. The number of amides is 1. The summed E-state index contributed by atoms with van der Waals surface area (Å²) in [6.07, 6.45) is 11.9. The first-order valence-corrected chi connectivity index (χ1v) is 8.02. The molecule has 6 nitrogen and oxygen atoms in total. The summed E-state index contributed by atoms with van der Waals surface area (Å²) in [6, 6.07) is 0.334. The molecule has 22 heavy (non-hydrogen) atoms. The molecule has 0 unspecified atom stereocenters. The minimum atomic E-state index is 0.139. The standard InChI is InChI=1S/C16H21N5O/c1-19-15(12-4-5-12)14(9-18-19)16(22)20-7-2-3-13(10-20)21-8-6-17-11-21/h6,8-9,11-13H,2-5,7,10H2,1H3/t13-/m1/s1. The van der Waals surface area contributed by atoms with Crippen LogP contribution >= 0.6 is 0 Å². The van der Waals surface area contributed by atoms with Crippen molar-refractivity contribution in [1.82, 2.24) is 24.2 Å². The van der Waals surface area contributed by atoms with E-state index in [0.29, 0.717) is 12.0 Å². The lowest BCUT2D eigenvalue weighted by Gasteiger charge is -2.33. The van der Waals surface area contributed by atoms with Gasteiger partial charge in [-0.05, 0) is 25.7 Å². The molecule has 6 heteroatoms. The van der Waals surface area contributed by atoms with Crippen LogP contribution in [0.25, 0.3) is 0 Å². The number of rotatable bonds is 3. The number of hydrogen-bond acceptors (Lipinski definition) is 3. The van der Waals surface area contributed by atoms with E-state index in [1.54, 1.807) is 12.4 Å². The molecule has 1 saturated carbocycles. The van der Waals surface area contributed by atoms with E-state index in [4.69, 9.17) is 0 Å². The van der Waals surface area contributed by atoms with Crippen molar-refractivity contribution in [2.24, 2.45) is 7.05 Å². The van der Waals surface area contributed by atoms with Crippen LogP contribution in [0.1, 0.15) is 53.7 Å². The molecule has 4 rings (SSSR count). The number of imidazole rings is 1. The van der Waals surface area contributed by atoms with Crippen LogP contribution in [0.3, 0.4) is 0 Å². The van der Waals surface area contributed by atoms with Gasteiger partial charge >= 0.3 is 0 Å². The summed E-state index contributed by atoms with van der Waals surface area (Å²) in [5.74, 6) is 0.667. The fraction of sp³-hybridized carbons (Fsp3) is 0.562. The molecule has 0 N–H and O–H groups in total. The second-order valence-corrected chi connectivity index (χ2v) is 6.40. The lowest BCUT2D eigenvalue weighted by molar-refractivity contribution is 0.0678. The Bertz CT molecular complexity index is 671. The molecule has 0 radical (unpaired) electrons. The maximum absolute atomic E-state index is 12.9. The monoisotopic (exact) mass is 299 g/mol. The highest BCUT2D eigenvalue weighted by Crippen LogP contribution is 2.41. The van der Waals surface area contributed by atoms with Crippen molar-refractivity contribution in [1.29, 1.82) is 0 Å². The van der Waals surface area contributed by atoms with E-state index in [1.165, 1.54) is 12.8 Å². The van der Waals surface area contributed by atoms with Crippen LogP contribution in [0, 0.1) is 0 Å². The number of hydrogen-bond donors (Lipinski definition) is 0. The third-order valence-electron chi connectivity index (χ3n) is 4.81. The molecular formula is C16H21N5O. The molecule has 1 atom stereocenters. The first-order chi connectivity index (χ1) is 10.7. The predicted octanol–water partition coefficient (Wildman–Crippen LogP) is 1.97. The number of nitrogens with zero attached hydrogens (tertiary/aromatic N) is 5. The van der Waals surface area contributed by atoms with Gasteiger partial charge in [0.15, 0.2) is 0 Å². The summed E-state index contributed by atoms with van der Waals surface area (Å²) in [6.45, 7) is 1.59. The lowest BCUT2D eigenvalue weighted by atomic mass is 10.0. The van der Waals surface area contributed by atoms with Crippen LogP contribution in [-0.2, 0) is 7.05 Å². The van der Waals surface area contributed by atoms with Gasteiger partial charge in [-0.15, -0.1) is 0 Å². The molecule has 0 bridgehead atoms. The largest absolute Gasteiger partial charge is 0.336 e. The Morgan fingerprint density at radius 2 is 2.18 bits per heavy atom. The fourth-order valence-corrected chi connectivity index (χ4v) is 3.49. The van der Waals surface area contributed by atoms with Gasteiger partial charge in [0.2, 0.25) is 0 Å². The number of piperidine rings is 1. The van der Waals surface area contributed by atoms with Gasteiger partial charge in [0.1, 0.15) is 0 Å². The van der Waals surface area contributed by atoms with Crippen molar-refractivity contribution < 1.29 is 4.79 Å². The molecular weight excluding hydrogens is 278 g/mol. The maximum atomic E-state index is 12.9. The number of likely N-dealkylation sites (tertiary alicyclic amines) is 1. The third-order valence-corrected chi connectivity index (χ3v) is 4.81. The SMILES string of the molecule is Cn1ncc(C(=O)N2CCC[C@@H](n3ccnc3)C2)c1C1CC1. The van der Waals surface area contributed by atoms with Gasteiger partial charge in [-0.25, -0.2) is 4.98 Å². The molecule has 0 spiro atoms.